The number of pyridine rings is 1. The lowest BCUT2D eigenvalue weighted by Crippen LogP contribution is -1.78. The van der Waals surface area contributed by atoms with Crippen LogP contribution in [0, 0.1) is 0 Å². The lowest BCUT2D eigenvalue weighted by atomic mass is 10.1. The van der Waals surface area contributed by atoms with E-state index in [1.54, 1.807) is 0 Å². The SMILES string of the molecule is c1ccc2nc3c(ccc4cccnc43)c-2cc1. The van der Waals surface area contributed by atoms with Crippen LogP contribution in [-0.2, 0) is 0 Å². The van der Waals surface area contributed by atoms with Gasteiger partial charge in [-0.2, -0.15) is 0 Å². The molecule has 1 aliphatic heterocycles. The molecule has 4 rings (SSSR count). The van der Waals surface area contributed by atoms with Crippen molar-refractivity contribution in [2.45, 2.75) is 0 Å². The first-order valence-electron chi connectivity index (χ1n) is 5.96. The minimum absolute atomic E-state index is 0.980. The van der Waals surface area contributed by atoms with E-state index < -0.39 is 0 Å². The van der Waals surface area contributed by atoms with Crippen LogP contribution in [0.4, 0.5) is 0 Å². The first-order chi connectivity index (χ1) is 8.93. The fourth-order valence-electron chi connectivity index (χ4n) is 2.44. The summed E-state index contributed by atoms with van der Waals surface area (Å²) in [5, 5.41) is 2.31. The van der Waals surface area contributed by atoms with Crippen molar-refractivity contribution in [3.8, 4) is 11.3 Å². The van der Waals surface area contributed by atoms with E-state index in [0.717, 1.165) is 22.1 Å². The molecule has 2 heteroatoms. The predicted octanol–water partition coefficient (Wildman–Crippen LogP) is 3.89. The van der Waals surface area contributed by atoms with Crippen LogP contribution in [0.5, 0.6) is 0 Å². The molecule has 0 bridgehead atoms. The van der Waals surface area contributed by atoms with Crippen molar-refractivity contribution in [1.82, 2.24) is 9.97 Å². The fourth-order valence-corrected chi connectivity index (χ4v) is 2.44. The Morgan fingerprint density at radius 1 is 0.722 bits per heavy atom. The second kappa shape index (κ2) is 3.50. The van der Waals surface area contributed by atoms with Crippen LogP contribution in [-0.4, -0.2) is 9.97 Å². The smallest absolute Gasteiger partial charge is 0.0978 e. The van der Waals surface area contributed by atoms with Crippen LogP contribution in [0.2, 0.25) is 0 Å². The van der Waals surface area contributed by atoms with Crippen molar-refractivity contribution >= 4 is 21.8 Å². The molecule has 0 N–H and O–H groups in total. The van der Waals surface area contributed by atoms with E-state index in [2.05, 4.69) is 29.2 Å². The van der Waals surface area contributed by atoms with Gasteiger partial charge < -0.3 is 0 Å². The Morgan fingerprint density at radius 2 is 1.67 bits per heavy atom. The van der Waals surface area contributed by atoms with Crippen LogP contribution < -0.4 is 0 Å². The Balaban J connectivity index is 2.27. The van der Waals surface area contributed by atoms with Gasteiger partial charge in [0, 0.05) is 22.5 Å². The Morgan fingerprint density at radius 3 is 2.67 bits per heavy atom. The van der Waals surface area contributed by atoms with E-state index in [4.69, 9.17) is 4.98 Å². The number of rotatable bonds is 0. The monoisotopic (exact) mass is 230 g/mol. The van der Waals surface area contributed by atoms with Crippen LogP contribution >= 0.6 is 0 Å². The molecule has 2 nitrogen and oxygen atoms in total. The highest BCUT2D eigenvalue weighted by atomic mass is 14.8. The van der Waals surface area contributed by atoms with E-state index in [0.29, 0.717) is 0 Å². The summed E-state index contributed by atoms with van der Waals surface area (Å²) >= 11 is 0. The van der Waals surface area contributed by atoms with Gasteiger partial charge in [0.05, 0.1) is 16.7 Å². The summed E-state index contributed by atoms with van der Waals surface area (Å²) in [6.07, 6.45) is 1.82. The predicted molar refractivity (Wildman–Crippen MR) is 73.7 cm³/mol. The number of aromatic nitrogens is 2. The Kier molecular flexibility index (Phi) is 1.86. The van der Waals surface area contributed by atoms with E-state index in [1.165, 1.54) is 10.9 Å². The van der Waals surface area contributed by atoms with Gasteiger partial charge in [-0.3, -0.25) is 4.98 Å². The molecule has 0 unspecified atom stereocenters. The normalized spacial score (nSPS) is 11.3. The molecule has 84 valence electrons. The molecule has 0 spiro atoms. The Hall–Kier alpha value is -2.48. The number of hydrogen-bond donors (Lipinski definition) is 0. The van der Waals surface area contributed by atoms with Gasteiger partial charge in [0.15, 0.2) is 0 Å². The van der Waals surface area contributed by atoms with Gasteiger partial charge in [0.25, 0.3) is 0 Å². The van der Waals surface area contributed by atoms with Crippen LogP contribution in [0.25, 0.3) is 33.1 Å². The van der Waals surface area contributed by atoms with Crippen molar-refractivity contribution in [3.05, 3.63) is 60.8 Å². The molecule has 0 amide bonds. The lowest BCUT2D eigenvalue weighted by molar-refractivity contribution is 1.40. The average molecular weight is 230 g/mol. The molecular formula is C16H10N2. The molecule has 0 saturated heterocycles. The lowest BCUT2D eigenvalue weighted by Gasteiger charge is -1.97. The number of hydrogen-bond acceptors (Lipinski definition) is 2. The number of benzene rings is 1. The van der Waals surface area contributed by atoms with Gasteiger partial charge >= 0.3 is 0 Å². The van der Waals surface area contributed by atoms with E-state index >= 15 is 0 Å². The van der Waals surface area contributed by atoms with E-state index in [9.17, 15) is 0 Å². The molecular weight excluding hydrogens is 220 g/mol. The van der Waals surface area contributed by atoms with Gasteiger partial charge in [-0.1, -0.05) is 42.5 Å². The molecule has 1 aromatic carbocycles. The standard InChI is InChI=1S/C16H10N2/c1-2-6-12-13-9-8-11-5-4-10-17-15(11)16(13)18-14(12)7-3-1/h1-10H. The van der Waals surface area contributed by atoms with Crippen molar-refractivity contribution < 1.29 is 0 Å². The Bertz CT molecular complexity index is 836. The second-order valence-corrected chi connectivity index (χ2v) is 4.36. The van der Waals surface area contributed by atoms with Crippen molar-refractivity contribution in [3.63, 3.8) is 0 Å². The van der Waals surface area contributed by atoms with Crippen molar-refractivity contribution in [1.29, 1.82) is 0 Å². The molecule has 2 aromatic rings. The van der Waals surface area contributed by atoms with Crippen LogP contribution in [0.1, 0.15) is 0 Å². The third-order valence-corrected chi connectivity index (χ3v) is 3.29. The molecule has 0 radical (unpaired) electrons. The molecule has 2 heterocycles. The minimum Gasteiger partial charge on any atom is -0.254 e. The van der Waals surface area contributed by atoms with Crippen LogP contribution in [0.15, 0.2) is 60.8 Å². The summed E-state index contributed by atoms with van der Waals surface area (Å²) in [5.41, 5.74) is 4.18. The quantitative estimate of drug-likeness (QED) is 0.458. The van der Waals surface area contributed by atoms with Gasteiger partial charge in [0.1, 0.15) is 0 Å². The summed E-state index contributed by atoms with van der Waals surface area (Å²) in [5.74, 6) is 0. The first kappa shape index (κ1) is 9.54. The van der Waals surface area contributed by atoms with E-state index in [1.807, 2.05) is 36.5 Å². The maximum atomic E-state index is 4.72. The highest BCUT2D eigenvalue weighted by Gasteiger charge is 2.12. The first-order valence-corrected chi connectivity index (χ1v) is 5.96. The maximum Gasteiger partial charge on any atom is 0.0978 e. The minimum atomic E-state index is 0.980. The highest BCUT2D eigenvalue weighted by Crippen LogP contribution is 2.33. The summed E-state index contributed by atoms with van der Waals surface area (Å²) in [4.78, 5) is 9.18. The van der Waals surface area contributed by atoms with Gasteiger partial charge in [-0.15, -0.1) is 0 Å². The number of fused-ring (bicyclic) bond motifs is 5. The summed E-state index contributed by atoms with van der Waals surface area (Å²) in [6, 6.07) is 18.5. The van der Waals surface area contributed by atoms with Crippen molar-refractivity contribution in [2.24, 2.45) is 0 Å². The molecule has 18 heavy (non-hydrogen) atoms. The number of nitrogens with zero attached hydrogens (tertiary/aromatic N) is 2. The molecule has 0 fully saturated rings. The highest BCUT2D eigenvalue weighted by molar-refractivity contribution is 6.10. The third kappa shape index (κ3) is 1.23. The summed E-state index contributed by atoms with van der Waals surface area (Å²) in [7, 11) is 0. The fraction of sp³-hybridized carbons (Fsp3) is 0. The van der Waals surface area contributed by atoms with E-state index in [-0.39, 0.29) is 0 Å². The van der Waals surface area contributed by atoms with Crippen molar-refractivity contribution in [2.75, 3.05) is 0 Å². The summed E-state index contributed by atoms with van der Waals surface area (Å²) < 4.78 is 0. The third-order valence-electron chi connectivity index (χ3n) is 3.29. The summed E-state index contributed by atoms with van der Waals surface area (Å²) in [6.45, 7) is 0. The molecule has 2 aliphatic rings. The molecule has 0 atom stereocenters. The topological polar surface area (TPSA) is 25.8 Å². The Labute approximate surface area is 104 Å². The molecule has 0 saturated carbocycles. The molecule has 1 aliphatic carbocycles. The zero-order valence-electron chi connectivity index (χ0n) is 9.67. The zero-order chi connectivity index (χ0) is 11.9. The molecule has 1 aromatic heterocycles. The van der Waals surface area contributed by atoms with Crippen LogP contribution in [0.3, 0.4) is 0 Å². The average Bonchev–Trinajstić information content (AvgIpc) is 2.61. The second-order valence-electron chi connectivity index (χ2n) is 4.36. The maximum absolute atomic E-state index is 4.72. The largest absolute Gasteiger partial charge is 0.254 e. The zero-order valence-corrected chi connectivity index (χ0v) is 9.67. The van der Waals surface area contributed by atoms with Gasteiger partial charge in [-0.25, -0.2) is 4.98 Å². The van der Waals surface area contributed by atoms with Gasteiger partial charge in [0.2, 0.25) is 0 Å². The van der Waals surface area contributed by atoms with Gasteiger partial charge in [-0.05, 0) is 12.1 Å².